The van der Waals surface area contributed by atoms with E-state index >= 15 is 0 Å². The number of aromatic nitrogens is 2. The number of benzene rings is 1. The standard InChI is InChI=1S/C8H5ClFN3O2/c9-7(10)8-11-5-2-1-4(13(14)15)3-6(5)12-8/h1-3,7H,(H,11,12). The highest BCUT2D eigenvalue weighted by atomic mass is 35.5. The first-order valence-corrected chi connectivity index (χ1v) is 4.44. The Balaban J connectivity index is 2.57. The molecule has 78 valence electrons. The van der Waals surface area contributed by atoms with E-state index in [4.69, 9.17) is 11.6 Å². The Hall–Kier alpha value is -1.69. The molecule has 1 aromatic carbocycles. The van der Waals surface area contributed by atoms with Crippen molar-refractivity contribution in [3.8, 4) is 0 Å². The molecule has 0 spiro atoms. The quantitative estimate of drug-likeness (QED) is 0.489. The summed E-state index contributed by atoms with van der Waals surface area (Å²) < 4.78 is 12.7. The molecule has 0 radical (unpaired) electrons. The summed E-state index contributed by atoms with van der Waals surface area (Å²) >= 11 is 5.18. The average molecular weight is 230 g/mol. The minimum absolute atomic E-state index is 0.0489. The van der Waals surface area contributed by atoms with Gasteiger partial charge >= 0.3 is 0 Å². The molecule has 7 heteroatoms. The van der Waals surface area contributed by atoms with E-state index in [0.717, 1.165) is 0 Å². The fourth-order valence-electron chi connectivity index (χ4n) is 1.23. The van der Waals surface area contributed by atoms with Gasteiger partial charge in [-0.3, -0.25) is 10.1 Å². The van der Waals surface area contributed by atoms with E-state index in [1.54, 1.807) is 0 Å². The number of non-ortho nitro benzene ring substituents is 1. The Kier molecular flexibility index (Phi) is 2.28. The van der Waals surface area contributed by atoms with Crippen molar-refractivity contribution in [3.05, 3.63) is 34.1 Å². The number of fused-ring (bicyclic) bond motifs is 1. The highest BCUT2D eigenvalue weighted by molar-refractivity contribution is 6.19. The maximum atomic E-state index is 12.7. The van der Waals surface area contributed by atoms with Crippen molar-refractivity contribution < 1.29 is 9.31 Å². The van der Waals surface area contributed by atoms with Gasteiger partial charge < -0.3 is 4.98 Å². The Labute approximate surface area is 88.0 Å². The molecular formula is C8H5ClFN3O2. The van der Waals surface area contributed by atoms with Gasteiger partial charge in [0.1, 0.15) is 0 Å². The maximum absolute atomic E-state index is 12.7. The fourth-order valence-corrected chi connectivity index (χ4v) is 1.34. The molecule has 0 saturated carbocycles. The van der Waals surface area contributed by atoms with Gasteiger partial charge in [0.05, 0.1) is 16.0 Å². The average Bonchev–Trinajstić information content (AvgIpc) is 2.59. The lowest BCUT2D eigenvalue weighted by Crippen LogP contribution is -1.86. The molecule has 1 unspecified atom stereocenters. The van der Waals surface area contributed by atoms with E-state index in [9.17, 15) is 14.5 Å². The molecular weight excluding hydrogens is 225 g/mol. The second-order valence-electron chi connectivity index (χ2n) is 2.88. The van der Waals surface area contributed by atoms with Gasteiger partial charge in [-0.05, 0) is 6.07 Å². The van der Waals surface area contributed by atoms with Gasteiger partial charge in [0, 0.05) is 12.1 Å². The molecule has 1 heterocycles. The molecule has 2 rings (SSSR count). The van der Waals surface area contributed by atoms with Gasteiger partial charge in [-0.15, -0.1) is 0 Å². The molecule has 2 aromatic rings. The number of imidazole rings is 1. The smallest absolute Gasteiger partial charge is 0.271 e. The molecule has 15 heavy (non-hydrogen) atoms. The largest absolute Gasteiger partial charge is 0.338 e. The first kappa shape index (κ1) is 9.85. The van der Waals surface area contributed by atoms with Crippen LogP contribution in [0.3, 0.4) is 0 Å². The number of hydrogen-bond acceptors (Lipinski definition) is 3. The van der Waals surface area contributed by atoms with Crippen LogP contribution in [-0.4, -0.2) is 14.9 Å². The molecule has 1 N–H and O–H groups in total. The molecule has 5 nitrogen and oxygen atoms in total. The summed E-state index contributed by atoms with van der Waals surface area (Å²) in [4.78, 5) is 16.3. The van der Waals surface area contributed by atoms with Crippen LogP contribution < -0.4 is 0 Å². The van der Waals surface area contributed by atoms with Crippen LogP contribution in [0.5, 0.6) is 0 Å². The van der Waals surface area contributed by atoms with Gasteiger partial charge in [0.15, 0.2) is 5.82 Å². The molecule has 0 fully saturated rings. The number of H-pyrrole nitrogens is 1. The third-order valence-corrected chi connectivity index (χ3v) is 2.11. The molecule has 0 aliphatic heterocycles. The minimum Gasteiger partial charge on any atom is -0.338 e. The van der Waals surface area contributed by atoms with Gasteiger partial charge in [0.2, 0.25) is 5.63 Å². The SMILES string of the molecule is O=[N+]([O-])c1ccc2nc(C(F)Cl)[nH]c2c1. The summed E-state index contributed by atoms with van der Waals surface area (Å²) in [7, 11) is 0. The van der Waals surface area contributed by atoms with E-state index in [1.807, 2.05) is 0 Å². The fraction of sp³-hybridized carbons (Fsp3) is 0.125. The lowest BCUT2D eigenvalue weighted by atomic mass is 10.3. The van der Waals surface area contributed by atoms with Crippen LogP contribution >= 0.6 is 11.6 Å². The Morgan fingerprint density at radius 3 is 2.93 bits per heavy atom. The summed E-state index contributed by atoms with van der Waals surface area (Å²) in [6, 6.07) is 4.02. The van der Waals surface area contributed by atoms with E-state index in [0.29, 0.717) is 11.0 Å². The molecule has 1 atom stereocenters. The highest BCUT2D eigenvalue weighted by Crippen LogP contribution is 2.24. The molecule has 0 amide bonds. The van der Waals surface area contributed by atoms with Crippen LogP contribution in [0.4, 0.5) is 10.1 Å². The van der Waals surface area contributed by atoms with Crippen molar-refractivity contribution in [2.24, 2.45) is 0 Å². The zero-order valence-corrected chi connectivity index (χ0v) is 8.03. The summed E-state index contributed by atoms with van der Waals surface area (Å²) in [6.45, 7) is 0. The third-order valence-electron chi connectivity index (χ3n) is 1.90. The number of nitro benzene ring substituents is 1. The van der Waals surface area contributed by atoms with E-state index in [-0.39, 0.29) is 11.5 Å². The Morgan fingerprint density at radius 1 is 1.60 bits per heavy atom. The monoisotopic (exact) mass is 229 g/mol. The Bertz CT molecular complexity index is 526. The number of rotatable bonds is 2. The van der Waals surface area contributed by atoms with Crippen LogP contribution in [0, 0.1) is 10.1 Å². The Morgan fingerprint density at radius 2 is 2.33 bits per heavy atom. The van der Waals surface area contributed by atoms with Crippen molar-refractivity contribution in [2.45, 2.75) is 5.63 Å². The summed E-state index contributed by atoms with van der Waals surface area (Å²) in [6.07, 6.45) is 0. The van der Waals surface area contributed by atoms with E-state index in [1.165, 1.54) is 18.2 Å². The molecule has 0 aliphatic rings. The zero-order chi connectivity index (χ0) is 11.0. The van der Waals surface area contributed by atoms with Gasteiger partial charge in [-0.2, -0.15) is 0 Å². The topological polar surface area (TPSA) is 71.8 Å². The normalized spacial score (nSPS) is 12.9. The second-order valence-corrected chi connectivity index (χ2v) is 3.26. The lowest BCUT2D eigenvalue weighted by molar-refractivity contribution is -0.384. The highest BCUT2D eigenvalue weighted by Gasteiger charge is 2.13. The van der Waals surface area contributed by atoms with Crippen LogP contribution in [0.25, 0.3) is 11.0 Å². The number of aromatic amines is 1. The van der Waals surface area contributed by atoms with Crippen molar-refractivity contribution in [1.82, 2.24) is 9.97 Å². The van der Waals surface area contributed by atoms with Crippen molar-refractivity contribution in [3.63, 3.8) is 0 Å². The summed E-state index contributed by atoms with van der Waals surface area (Å²) in [5.74, 6) is -0.0489. The first-order chi connectivity index (χ1) is 7.08. The number of nitrogens with one attached hydrogen (secondary N) is 1. The van der Waals surface area contributed by atoms with Crippen LogP contribution in [0.1, 0.15) is 11.5 Å². The second kappa shape index (κ2) is 3.47. The lowest BCUT2D eigenvalue weighted by Gasteiger charge is -1.90. The van der Waals surface area contributed by atoms with E-state index < -0.39 is 10.6 Å². The van der Waals surface area contributed by atoms with E-state index in [2.05, 4.69) is 9.97 Å². The van der Waals surface area contributed by atoms with Gasteiger partial charge in [-0.1, -0.05) is 11.6 Å². The number of hydrogen-bond donors (Lipinski definition) is 1. The zero-order valence-electron chi connectivity index (χ0n) is 7.28. The predicted octanol–water partition coefficient (Wildman–Crippen LogP) is 2.68. The van der Waals surface area contributed by atoms with Crippen molar-refractivity contribution >= 4 is 28.3 Å². The van der Waals surface area contributed by atoms with Crippen LogP contribution in [-0.2, 0) is 0 Å². The third kappa shape index (κ3) is 1.75. The number of nitro groups is 1. The molecule has 1 aromatic heterocycles. The van der Waals surface area contributed by atoms with Crippen LogP contribution in [0.15, 0.2) is 18.2 Å². The van der Waals surface area contributed by atoms with Gasteiger partial charge in [-0.25, -0.2) is 9.37 Å². The van der Waals surface area contributed by atoms with Crippen LogP contribution in [0.2, 0.25) is 0 Å². The minimum atomic E-state index is -1.74. The molecule has 0 saturated heterocycles. The maximum Gasteiger partial charge on any atom is 0.271 e. The summed E-state index contributed by atoms with van der Waals surface area (Å²) in [5.41, 5.74) is -0.986. The number of nitrogens with zero attached hydrogens (tertiary/aromatic N) is 2. The summed E-state index contributed by atoms with van der Waals surface area (Å²) in [5, 5.41) is 10.5. The number of halogens is 2. The number of alkyl halides is 2. The molecule has 0 aliphatic carbocycles. The van der Waals surface area contributed by atoms with Crippen molar-refractivity contribution in [2.75, 3.05) is 0 Å². The predicted molar refractivity (Wildman–Crippen MR) is 52.5 cm³/mol. The first-order valence-electron chi connectivity index (χ1n) is 4.00. The van der Waals surface area contributed by atoms with Gasteiger partial charge in [0.25, 0.3) is 5.69 Å². The van der Waals surface area contributed by atoms with Crippen molar-refractivity contribution in [1.29, 1.82) is 0 Å². The molecule has 0 bridgehead atoms.